The fourth-order valence-electron chi connectivity index (χ4n) is 2.48. The van der Waals surface area contributed by atoms with E-state index in [1.165, 1.54) is 13.0 Å². The van der Waals surface area contributed by atoms with Crippen LogP contribution in [0.15, 0.2) is 54.6 Å². The third kappa shape index (κ3) is 6.45. The van der Waals surface area contributed by atoms with Gasteiger partial charge in [0.2, 0.25) is 5.91 Å². The van der Waals surface area contributed by atoms with Gasteiger partial charge in [-0.2, -0.15) is 0 Å². The van der Waals surface area contributed by atoms with Crippen molar-refractivity contribution in [2.45, 2.75) is 46.8 Å². The largest absolute Gasteiger partial charge is 0.449 e. The molecule has 0 bridgehead atoms. The molecule has 29 heavy (non-hydrogen) atoms. The van der Waals surface area contributed by atoms with Gasteiger partial charge in [-0.15, -0.1) is 0 Å². The zero-order valence-corrected chi connectivity index (χ0v) is 17.5. The number of carbonyl (C=O) groups excluding carboxylic acids is 3. The van der Waals surface area contributed by atoms with Crippen LogP contribution in [0.5, 0.6) is 0 Å². The quantitative estimate of drug-likeness (QED) is 0.720. The Morgan fingerprint density at radius 1 is 0.931 bits per heavy atom. The molecule has 0 aliphatic heterocycles. The van der Waals surface area contributed by atoms with Crippen LogP contribution in [0.25, 0.3) is 0 Å². The topological polar surface area (TPSA) is 84.5 Å². The molecule has 2 rings (SSSR count). The van der Waals surface area contributed by atoms with Crippen molar-refractivity contribution in [2.24, 2.45) is 5.41 Å². The summed E-state index contributed by atoms with van der Waals surface area (Å²) in [6.07, 6.45) is -0.957. The highest BCUT2D eigenvalue weighted by molar-refractivity contribution is 5.97. The highest BCUT2D eigenvalue weighted by atomic mass is 16.5. The minimum atomic E-state index is -0.957. The summed E-state index contributed by atoms with van der Waals surface area (Å²) in [5.74, 6) is -1.18. The summed E-state index contributed by atoms with van der Waals surface area (Å²) in [5.41, 5.74) is 1.15. The number of ether oxygens (including phenoxy) is 1. The molecule has 6 heteroatoms. The predicted molar refractivity (Wildman–Crippen MR) is 112 cm³/mol. The first-order valence-electron chi connectivity index (χ1n) is 9.55. The SMILES string of the molecule is CC(OC(=O)c1cccc(NC(=O)C(C)(C)C)c1)C(=O)NC(C)c1ccccc1. The lowest BCUT2D eigenvalue weighted by molar-refractivity contribution is -0.129. The molecule has 0 spiro atoms. The van der Waals surface area contributed by atoms with Crippen molar-refractivity contribution in [3.8, 4) is 0 Å². The monoisotopic (exact) mass is 396 g/mol. The van der Waals surface area contributed by atoms with Crippen molar-refractivity contribution in [2.75, 3.05) is 5.32 Å². The van der Waals surface area contributed by atoms with Gasteiger partial charge in [0, 0.05) is 11.1 Å². The smallest absolute Gasteiger partial charge is 0.338 e. The van der Waals surface area contributed by atoms with E-state index >= 15 is 0 Å². The molecule has 2 unspecified atom stereocenters. The van der Waals surface area contributed by atoms with E-state index < -0.39 is 17.5 Å². The van der Waals surface area contributed by atoms with E-state index in [1.54, 1.807) is 39.0 Å². The summed E-state index contributed by atoms with van der Waals surface area (Å²) in [6, 6.07) is 15.8. The second-order valence-corrected chi connectivity index (χ2v) is 7.97. The van der Waals surface area contributed by atoms with Gasteiger partial charge in [0.25, 0.3) is 5.91 Å². The lowest BCUT2D eigenvalue weighted by atomic mass is 9.95. The molecule has 0 radical (unpaired) electrons. The maximum absolute atomic E-state index is 12.4. The first kappa shape index (κ1) is 22.1. The summed E-state index contributed by atoms with van der Waals surface area (Å²) >= 11 is 0. The Bertz CT molecular complexity index is 872. The summed E-state index contributed by atoms with van der Waals surface area (Å²) < 4.78 is 5.30. The van der Waals surface area contributed by atoms with Crippen molar-refractivity contribution in [3.05, 3.63) is 65.7 Å². The van der Waals surface area contributed by atoms with Gasteiger partial charge in [0.15, 0.2) is 6.10 Å². The molecule has 0 aromatic heterocycles. The molecule has 0 saturated heterocycles. The van der Waals surface area contributed by atoms with Crippen molar-refractivity contribution in [3.63, 3.8) is 0 Å². The van der Waals surface area contributed by atoms with Gasteiger partial charge >= 0.3 is 5.97 Å². The minimum absolute atomic E-state index is 0.161. The second-order valence-electron chi connectivity index (χ2n) is 7.97. The molecule has 2 aromatic carbocycles. The van der Waals surface area contributed by atoms with Crippen molar-refractivity contribution in [1.82, 2.24) is 5.32 Å². The maximum atomic E-state index is 12.4. The number of rotatable bonds is 6. The lowest BCUT2D eigenvalue weighted by Gasteiger charge is -2.19. The highest BCUT2D eigenvalue weighted by Crippen LogP contribution is 2.19. The summed E-state index contributed by atoms with van der Waals surface area (Å²) in [4.78, 5) is 36.9. The maximum Gasteiger partial charge on any atom is 0.338 e. The average molecular weight is 396 g/mol. The molecule has 0 saturated carbocycles. The molecule has 6 nitrogen and oxygen atoms in total. The Balaban J connectivity index is 1.97. The number of esters is 1. The number of hydrogen-bond donors (Lipinski definition) is 2. The van der Waals surface area contributed by atoms with Gasteiger partial charge in [0.1, 0.15) is 0 Å². The summed E-state index contributed by atoms with van der Waals surface area (Å²) in [7, 11) is 0. The van der Waals surface area contributed by atoms with E-state index in [2.05, 4.69) is 10.6 Å². The number of anilines is 1. The van der Waals surface area contributed by atoms with Crippen LogP contribution in [0.1, 0.15) is 56.6 Å². The zero-order valence-electron chi connectivity index (χ0n) is 17.5. The van der Waals surface area contributed by atoms with Gasteiger partial charge in [-0.25, -0.2) is 4.79 Å². The minimum Gasteiger partial charge on any atom is -0.449 e. The van der Waals surface area contributed by atoms with E-state index in [0.717, 1.165) is 5.56 Å². The molecular formula is C23H28N2O4. The van der Waals surface area contributed by atoms with Crippen molar-refractivity contribution < 1.29 is 19.1 Å². The predicted octanol–water partition coefficient (Wildman–Crippen LogP) is 4.09. The van der Waals surface area contributed by atoms with Crippen LogP contribution in [-0.4, -0.2) is 23.9 Å². The molecule has 2 atom stereocenters. The molecule has 2 N–H and O–H groups in total. The Morgan fingerprint density at radius 3 is 2.21 bits per heavy atom. The number of hydrogen-bond acceptors (Lipinski definition) is 4. The molecule has 154 valence electrons. The van der Waals surface area contributed by atoms with E-state index in [4.69, 9.17) is 4.74 Å². The van der Waals surface area contributed by atoms with Crippen LogP contribution in [-0.2, 0) is 14.3 Å². The van der Waals surface area contributed by atoms with Crippen molar-refractivity contribution in [1.29, 1.82) is 0 Å². The zero-order chi connectivity index (χ0) is 21.6. The molecule has 2 aromatic rings. The van der Waals surface area contributed by atoms with Gasteiger partial charge in [-0.1, -0.05) is 57.2 Å². The third-order valence-corrected chi connectivity index (χ3v) is 4.35. The standard InChI is InChI=1S/C23H28N2O4/c1-15(17-10-7-6-8-11-17)24-20(26)16(2)29-21(27)18-12-9-13-19(14-18)25-22(28)23(3,4)5/h6-16H,1-5H3,(H,24,26)(H,25,28). The van der Waals surface area contributed by atoms with E-state index in [9.17, 15) is 14.4 Å². The molecule has 0 aliphatic carbocycles. The summed E-state index contributed by atoms with van der Waals surface area (Å²) in [6.45, 7) is 8.80. The lowest BCUT2D eigenvalue weighted by Crippen LogP contribution is -2.37. The molecular weight excluding hydrogens is 368 g/mol. The van der Waals surface area contributed by atoms with E-state index in [0.29, 0.717) is 5.69 Å². The van der Waals surface area contributed by atoms with Gasteiger partial charge in [-0.3, -0.25) is 9.59 Å². The number of nitrogens with one attached hydrogen (secondary N) is 2. The van der Waals surface area contributed by atoms with Crippen LogP contribution in [0.4, 0.5) is 5.69 Å². The second kappa shape index (κ2) is 9.37. The van der Waals surface area contributed by atoms with Crippen molar-refractivity contribution >= 4 is 23.5 Å². The Hall–Kier alpha value is -3.15. The molecule has 0 fully saturated rings. The Morgan fingerprint density at radius 2 is 1.59 bits per heavy atom. The van der Waals surface area contributed by atoms with Crippen LogP contribution in [0.2, 0.25) is 0 Å². The average Bonchev–Trinajstić information content (AvgIpc) is 2.68. The normalized spacial score (nSPS) is 13.1. The first-order valence-corrected chi connectivity index (χ1v) is 9.55. The highest BCUT2D eigenvalue weighted by Gasteiger charge is 2.23. The number of amides is 2. The molecule has 0 aliphatic rings. The van der Waals surface area contributed by atoms with Gasteiger partial charge in [-0.05, 0) is 37.6 Å². The summed E-state index contributed by atoms with van der Waals surface area (Å²) in [5, 5.41) is 5.61. The van der Waals surface area contributed by atoms with Crippen LogP contribution >= 0.6 is 0 Å². The van der Waals surface area contributed by atoms with E-state index in [1.807, 2.05) is 37.3 Å². The Kier molecular flexibility index (Phi) is 7.15. The van der Waals surface area contributed by atoms with Crippen LogP contribution in [0.3, 0.4) is 0 Å². The fraction of sp³-hybridized carbons (Fsp3) is 0.348. The number of carbonyl (C=O) groups is 3. The number of benzene rings is 2. The van der Waals surface area contributed by atoms with Crippen LogP contribution < -0.4 is 10.6 Å². The van der Waals surface area contributed by atoms with Crippen LogP contribution in [0, 0.1) is 5.41 Å². The Labute approximate surface area is 171 Å². The molecule has 2 amide bonds. The molecule has 0 heterocycles. The first-order chi connectivity index (χ1) is 13.6. The third-order valence-electron chi connectivity index (χ3n) is 4.35. The van der Waals surface area contributed by atoms with Gasteiger partial charge in [0.05, 0.1) is 11.6 Å². The van der Waals surface area contributed by atoms with E-state index in [-0.39, 0.29) is 23.4 Å². The van der Waals surface area contributed by atoms with Gasteiger partial charge < -0.3 is 15.4 Å². The fourth-order valence-corrected chi connectivity index (χ4v) is 2.48.